The summed E-state index contributed by atoms with van der Waals surface area (Å²) in [5.74, 6) is 3.15. The Morgan fingerprint density at radius 2 is 2.04 bits per heavy atom. The molecule has 0 saturated heterocycles. The highest BCUT2D eigenvalue weighted by Gasteiger charge is 2.06. The zero-order valence-electron chi connectivity index (χ0n) is 16.7. The maximum atomic E-state index is 5.76. The van der Waals surface area contributed by atoms with Crippen molar-refractivity contribution in [3.63, 3.8) is 0 Å². The molecule has 0 radical (unpaired) electrons. The van der Waals surface area contributed by atoms with Crippen molar-refractivity contribution in [2.24, 2.45) is 4.99 Å². The minimum atomic E-state index is 0. The number of unbranched alkanes of at least 4 members (excludes halogenated alkanes) is 1. The third-order valence-corrected chi connectivity index (χ3v) is 3.91. The zero-order valence-corrected chi connectivity index (χ0v) is 19.0. The molecule has 1 heterocycles. The van der Waals surface area contributed by atoms with E-state index in [1.807, 2.05) is 39.0 Å². The fourth-order valence-corrected chi connectivity index (χ4v) is 2.35. The number of oxazole rings is 1. The van der Waals surface area contributed by atoms with Crippen LogP contribution in [0.15, 0.2) is 33.7 Å². The largest absolute Gasteiger partial charge is 0.494 e. The van der Waals surface area contributed by atoms with Crippen molar-refractivity contribution in [2.45, 2.75) is 53.6 Å². The average Bonchev–Trinajstić information content (AvgIpc) is 2.96. The van der Waals surface area contributed by atoms with Crippen LogP contribution in [0, 0.1) is 13.8 Å². The van der Waals surface area contributed by atoms with E-state index in [9.17, 15) is 0 Å². The van der Waals surface area contributed by atoms with Gasteiger partial charge in [0.05, 0.1) is 25.4 Å². The Balaban J connectivity index is 0.00000364. The molecule has 0 aliphatic heterocycles. The van der Waals surface area contributed by atoms with E-state index in [0.717, 1.165) is 54.7 Å². The molecule has 0 aliphatic carbocycles. The molecule has 0 bridgehead atoms. The average molecular weight is 486 g/mol. The lowest BCUT2D eigenvalue weighted by Crippen LogP contribution is -2.36. The molecule has 150 valence electrons. The number of guanidine groups is 1. The van der Waals surface area contributed by atoms with Gasteiger partial charge >= 0.3 is 0 Å². The second-order valence-electron chi connectivity index (χ2n) is 6.15. The first-order valence-electron chi connectivity index (χ1n) is 9.29. The van der Waals surface area contributed by atoms with E-state index in [1.165, 1.54) is 0 Å². The molecule has 2 aromatic rings. The first-order chi connectivity index (χ1) is 12.6. The summed E-state index contributed by atoms with van der Waals surface area (Å²) >= 11 is 0. The Hall–Kier alpha value is -1.77. The summed E-state index contributed by atoms with van der Waals surface area (Å²) in [6, 6.07) is 8.09. The van der Waals surface area contributed by atoms with Gasteiger partial charge in [0.2, 0.25) is 5.89 Å². The van der Waals surface area contributed by atoms with Gasteiger partial charge in [-0.25, -0.2) is 9.98 Å². The first kappa shape index (κ1) is 23.3. The van der Waals surface area contributed by atoms with E-state index in [1.54, 1.807) is 0 Å². The van der Waals surface area contributed by atoms with E-state index >= 15 is 0 Å². The molecule has 7 heteroatoms. The highest BCUT2D eigenvalue weighted by atomic mass is 127. The third-order valence-electron chi connectivity index (χ3n) is 3.91. The van der Waals surface area contributed by atoms with Crippen LogP contribution in [0.5, 0.6) is 5.75 Å². The van der Waals surface area contributed by atoms with Crippen molar-refractivity contribution in [3.8, 4) is 5.75 Å². The molecule has 1 aromatic carbocycles. The van der Waals surface area contributed by atoms with Crippen molar-refractivity contribution in [2.75, 3.05) is 13.2 Å². The molecule has 1 aromatic heterocycles. The Morgan fingerprint density at radius 1 is 1.22 bits per heavy atom. The normalized spacial score (nSPS) is 11.0. The van der Waals surface area contributed by atoms with Crippen LogP contribution in [0.2, 0.25) is 0 Å². The number of benzene rings is 1. The predicted octanol–water partition coefficient (Wildman–Crippen LogP) is 4.34. The number of ether oxygens (including phenoxy) is 1. The standard InChI is InChI=1S/C20H30N4O2.HI/c1-5-7-11-25-18-10-8-9-17(12-18)13-22-20(21-6-2)23-14-19-24-15(3)16(4)26-19;/h8-10,12H,5-7,11,13-14H2,1-4H3,(H2,21,22,23);1H. The Kier molecular flexibility index (Phi) is 10.8. The minimum Gasteiger partial charge on any atom is -0.494 e. The van der Waals surface area contributed by atoms with Crippen LogP contribution in [-0.4, -0.2) is 24.1 Å². The molecule has 0 spiro atoms. The molecule has 0 atom stereocenters. The molecule has 0 fully saturated rings. The van der Waals surface area contributed by atoms with Gasteiger partial charge in [0.25, 0.3) is 0 Å². The minimum absolute atomic E-state index is 0. The van der Waals surface area contributed by atoms with Gasteiger partial charge in [-0.3, -0.25) is 0 Å². The number of halogens is 1. The fraction of sp³-hybridized carbons (Fsp3) is 0.500. The number of nitrogens with zero attached hydrogens (tertiary/aromatic N) is 2. The molecule has 0 aliphatic rings. The van der Waals surface area contributed by atoms with Crippen LogP contribution in [0.25, 0.3) is 0 Å². The van der Waals surface area contributed by atoms with Crippen molar-refractivity contribution in [3.05, 3.63) is 47.2 Å². The topological polar surface area (TPSA) is 71.7 Å². The molecule has 6 nitrogen and oxygen atoms in total. The highest BCUT2D eigenvalue weighted by Crippen LogP contribution is 2.14. The Bertz CT molecular complexity index is 696. The lowest BCUT2D eigenvalue weighted by atomic mass is 10.2. The van der Waals surface area contributed by atoms with Crippen LogP contribution < -0.4 is 15.4 Å². The number of hydrogen-bond donors (Lipinski definition) is 2. The summed E-state index contributed by atoms with van der Waals surface area (Å²) < 4.78 is 11.4. The van der Waals surface area contributed by atoms with Gasteiger partial charge in [-0.1, -0.05) is 25.5 Å². The summed E-state index contributed by atoms with van der Waals surface area (Å²) in [7, 11) is 0. The number of aryl methyl sites for hydroxylation is 2. The molecule has 2 rings (SSSR count). The van der Waals surface area contributed by atoms with Gasteiger partial charge in [0.1, 0.15) is 11.5 Å². The second-order valence-corrected chi connectivity index (χ2v) is 6.15. The highest BCUT2D eigenvalue weighted by molar-refractivity contribution is 14.0. The lowest BCUT2D eigenvalue weighted by Gasteiger charge is -2.10. The number of aromatic nitrogens is 1. The number of hydrogen-bond acceptors (Lipinski definition) is 4. The van der Waals surface area contributed by atoms with Crippen LogP contribution >= 0.6 is 24.0 Å². The summed E-state index contributed by atoms with van der Waals surface area (Å²) in [5, 5.41) is 6.49. The van der Waals surface area contributed by atoms with Gasteiger partial charge in [0.15, 0.2) is 5.96 Å². The summed E-state index contributed by atoms with van der Waals surface area (Å²) in [4.78, 5) is 9.01. The van der Waals surface area contributed by atoms with Crippen LogP contribution in [-0.2, 0) is 13.1 Å². The zero-order chi connectivity index (χ0) is 18.8. The van der Waals surface area contributed by atoms with Crippen molar-refractivity contribution >= 4 is 29.9 Å². The van der Waals surface area contributed by atoms with Crippen molar-refractivity contribution in [1.29, 1.82) is 0 Å². The van der Waals surface area contributed by atoms with Gasteiger partial charge in [-0.15, -0.1) is 24.0 Å². The number of aliphatic imine (C=N–C) groups is 1. The van der Waals surface area contributed by atoms with Crippen LogP contribution in [0.3, 0.4) is 0 Å². The molecule has 2 N–H and O–H groups in total. The summed E-state index contributed by atoms with van der Waals surface area (Å²) in [6.07, 6.45) is 2.20. The molecule has 27 heavy (non-hydrogen) atoms. The van der Waals surface area contributed by atoms with Gasteiger partial charge in [-0.05, 0) is 44.9 Å². The third kappa shape index (κ3) is 8.19. The van der Waals surface area contributed by atoms with Gasteiger partial charge < -0.3 is 19.8 Å². The molecular weight excluding hydrogens is 455 g/mol. The smallest absolute Gasteiger partial charge is 0.214 e. The lowest BCUT2D eigenvalue weighted by molar-refractivity contribution is 0.309. The maximum Gasteiger partial charge on any atom is 0.214 e. The second kappa shape index (κ2) is 12.6. The Labute approximate surface area is 179 Å². The predicted molar refractivity (Wildman–Crippen MR) is 120 cm³/mol. The molecule has 0 amide bonds. The van der Waals surface area contributed by atoms with Crippen LogP contribution in [0.1, 0.15) is 49.6 Å². The first-order valence-corrected chi connectivity index (χ1v) is 9.29. The number of nitrogens with one attached hydrogen (secondary N) is 2. The number of rotatable bonds is 9. The fourth-order valence-electron chi connectivity index (χ4n) is 2.35. The molecule has 0 unspecified atom stereocenters. The summed E-state index contributed by atoms with van der Waals surface area (Å²) in [6.45, 7) is 10.7. The van der Waals surface area contributed by atoms with E-state index in [4.69, 9.17) is 9.15 Å². The molecular formula is C20H31IN4O2. The van der Waals surface area contributed by atoms with Crippen molar-refractivity contribution in [1.82, 2.24) is 15.6 Å². The Morgan fingerprint density at radius 3 is 2.70 bits per heavy atom. The van der Waals surface area contributed by atoms with E-state index in [2.05, 4.69) is 33.6 Å². The SMILES string of the molecule is CCCCOc1cccc(CN=C(NCC)NCc2nc(C)c(C)o2)c1.I. The van der Waals surface area contributed by atoms with Crippen molar-refractivity contribution < 1.29 is 9.15 Å². The molecule has 0 saturated carbocycles. The monoisotopic (exact) mass is 486 g/mol. The summed E-state index contributed by atoms with van der Waals surface area (Å²) in [5.41, 5.74) is 2.03. The van der Waals surface area contributed by atoms with Gasteiger partial charge in [-0.2, -0.15) is 0 Å². The quantitative estimate of drug-likeness (QED) is 0.239. The van der Waals surface area contributed by atoms with E-state index in [0.29, 0.717) is 19.0 Å². The van der Waals surface area contributed by atoms with Gasteiger partial charge in [0, 0.05) is 6.54 Å². The van der Waals surface area contributed by atoms with E-state index < -0.39 is 0 Å². The van der Waals surface area contributed by atoms with E-state index in [-0.39, 0.29) is 24.0 Å². The van der Waals surface area contributed by atoms with Crippen LogP contribution in [0.4, 0.5) is 0 Å². The maximum absolute atomic E-state index is 5.76.